The maximum Gasteiger partial charge on any atom is 0.416 e. The first-order chi connectivity index (χ1) is 23.6. The summed E-state index contributed by atoms with van der Waals surface area (Å²) in [6.07, 6.45) is 1.33. The Bertz CT molecular complexity index is 1900. The molecule has 2 amide bonds. The number of hydrogen-bond donors (Lipinski definition) is 0. The van der Waals surface area contributed by atoms with Gasteiger partial charge < -0.3 is 18.7 Å². The minimum atomic E-state index is -0.638. The van der Waals surface area contributed by atoms with Gasteiger partial charge >= 0.3 is 6.09 Å². The van der Waals surface area contributed by atoms with Gasteiger partial charge in [-0.1, -0.05) is 80.5 Å². The van der Waals surface area contributed by atoms with Gasteiger partial charge in [0.25, 0.3) is 0 Å². The van der Waals surface area contributed by atoms with E-state index in [4.69, 9.17) is 18.7 Å². The van der Waals surface area contributed by atoms with E-state index in [-0.39, 0.29) is 36.8 Å². The van der Waals surface area contributed by atoms with Crippen LogP contribution < -0.4 is 9.47 Å². The van der Waals surface area contributed by atoms with Crippen molar-refractivity contribution in [1.29, 1.82) is 0 Å². The highest BCUT2D eigenvalue weighted by Crippen LogP contribution is 2.37. The van der Waals surface area contributed by atoms with E-state index >= 15 is 4.39 Å². The Labute approximate surface area is 285 Å². The molecule has 49 heavy (non-hydrogen) atoms. The number of carbonyl (C=O) groups is 2. The van der Waals surface area contributed by atoms with Crippen LogP contribution in [0.5, 0.6) is 11.5 Å². The Morgan fingerprint density at radius 2 is 1.69 bits per heavy atom. The van der Waals surface area contributed by atoms with Crippen molar-refractivity contribution in [3.8, 4) is 22.6 Å². The number of amides is 2. The third-order valence-corrected chi connectivity index (χ3v) is 8.78. The number of imide groups is 1. The lowest BCUT2D eigenvalue weighted by Gasteiger charge is -2.24. The van der Waals surface area contributed by atoms with Crippen molar-refractivity contribution in [1.82, 2.24) is 10.1 Å². The fourth-order valence-corrected chi connectivity index (χ4v) is 6.23. The van der Waals surface area contributed by atoms with Crippen LogP contribution in [0.25, 0.3) is 11.1 Å². The number of benzene rings is 4. The number of hydrogen-bond acceptors (Lipinski definition) is 7. The molecule has 5 aromatic rings. The molecule has 1 saturated heterocycles. The third-order valence-electron chi connectivity index (χ3n) is 8.78. The van der Waals surface area contributed by atoms with Gasteiger partial charge in [0.2, 0.25) is 5.91 Å². The summed E-state index contributed by atoms with van der Waals surface area (Å²) in [5.41, 5.74) is 5.32. The zero-order chi connectivity index (χ0) is 34.5. The molecule has 0 radical (unpaired) electrons. The summed E-state index contributed by atoms with van der Waals surface area (Å²) in [4.78, 5) is 27.6. The van der Waals surface area contributed by atoms with Gasteiger partial charge in [-0.25, -0.2) is 14.1 Å². The van der Waals surface area contributed by atoms with Crippen LogP contribution in [0.15, 0.2) is 108 Å². The molecule has 1 fully saturated rings. The van der Waals surface area contributed by atoms with E-state index in [0.717, 1.165) is 27.8 Å². The molecule has 0 spiro atoms. The number of aromatic nitrogens is 1. The molecule has 0 aliphatic carbocycles. The molecule has 1 aliphatic rings. The molecule has 6 rings (SSSR count). The lowest BCUT2D eigenvalue weighted by molar-refractivity contribution is -0.129. The van der Waals surface area contributed by atoms with Crippen molar-refractivity contribution in [2.24, 2.45) is 0 Å². The van der Waals surface area contributed by atoms with Gasteiger partial charge in [0.1, 0.15) is 36.8 Å². The second-order valence-corrected chi connectivity index (χ2v) is 13.2. The van der Waals surface area contributed by atoms with E-state index < -0.39 is 18.1 Å². The van der Waals surface area contributed by atoms with Gasteiger partial charge in [0.05, 0.1) is 18.8 Å². The highest BCUT2D eigenvalue weighted by Gasteiger charge is 2.39. The topological polar surface area (TPSA) is 91.1 Å². The Morgan fingerprint density at radius 1 is 0.939 bits per heavy atom. The zero-order valence-electron chi connectivity index (χ0n) is 28.0. The minimum Gasteiger partial charge on any atom is -0.497 e. The molecule has 1 unspecified atom stereocenters. The first kappa shape index (κ1) is 33.5. The molecule has 0 N–H and O–H groups in total. The summed E-state index contributed by atoms with van der Waals surface area (Å²) in [6, 6.07) is 29.2. The molecule has 252 valence electrons. The second kappa shape index (κ2) is 14.4. The van der Waals surface area contributed by atoms with E-state index in [2.05, 4.69) is 25.9 Å². The molecular weight excluding hydrogens is 623 g/mol. The van der Waals surface area contributed by atoms with Gasteiger partial charge in [-0.15, -0.1) is 0 Å². The normalized spacial score (nSPS) is 15.2. The first-order valence-corrected chi connectivity index (χ1v) is 16.2. The predicted octanol–water partition coefficient (Wildman–Crippen LogP) is 8.48. The molecule has 2 atom stereocenters. The first-order valence-electron chi connectivity index (χ1n) is 16.2. The monoisotopic (exact) mass is 662 g/mol. The van der Waals surface area contributed by atoms with Crippen molar-refractivity contribution in [2.45, 2.75) is 57.6 Å². The van der Waals surface area contributed by atoms with Gasteiger partial charge in [-0.3, -0.25) is 4.79 Å². The van der Waals surface area contributed by atoms with E-state index in [9.17, 15) is 9.59 Å². The van der Waals surface area contributed by atoms with Crippen LogP contribution in [0.3, 0.4) is 0 Å². The maximum absolute atomic E-state index is 15.1. The smallest absolute Gasteiger partial charge is 0.416 e. The molecule has 1 aromatic heterocycles. The molecular formula is C40H39FN2O6. The van der Waals surface area contributed by atoms with Crippen LogP contribution in [0.4, 0.5) is 9.18 Å². The lowest BCUT2D eigenvalue weighted by atomic mass is 9.81. The van der Waals surface area contributed by atoms with E-state index in [0.29, 0.717) is 29.2 Å². The van der Waals surface area contributed by atoms with E-state index in [1.807, 2.05) is 72.8 Å². The summed E-state index contributed by atoms with van der Waals surface area (Å²) in [7, 11) is 1.56. The van der Waals surface area contributed by atoms with Crippen LogP contribution in [0.2, 0.25) is 0 Å². The summed E-state index contributed by atoms with van der Waals surface area (Å²) >= 11 is 0. The Hall–Kier alpha value is -5.44. The third kappa shape index (κ3) is 7.67. The fourth-order valence-electron chi connectivity index (χ4n) is 6.23. The van der Waals surface area contributed by atoms with Crippen LogP contribution in [-0.4, -0.2) is 41.8 Å². The number of ether oxygens (including phenoxy) is 3. The van der Waals surface area contributed by atoms with Crippen LogP contribution in [-0.2, 0) is 28.0 Å². The fraction of sp³-hybridized carbons (Fsp3) is 0.275. The molecule has 8 nitrogen and oxygen atoms in total. The number of rotatable bonds is 11. The minimum absolute atomic E-state index is 0.00311. The quantitative estimate of drug-likeness (QED) is 0.140. The largest absolute Gasteiger partial charge is 0.497 e. The van der Waals surface area contributed by atoms with Gasteiger partial charge in [0, 0.05) is 24.0 Å². The standard InChI is InChI=1S/C40H39FN2O6/c1-40(2,3)35-16-10-27(21-33(35)34-22-31(46-4)15-17-36(34)41)24-47-30-13-11-28(12-14-30)32(37-18-19-49-42-37)23-38(44)43-29(25-48-39(43)45)20-26-8-6-5-7-9-26/h5-19,21-22,29,32H,20,23-25H2,1-4H3/t29-,32?/m0/s1. The van der Waals surface area contributed by atoms with Gasteiger partial charge in [-0.05, 0) is 76.1 Å². The Balaban J connectivity index is 1.18. The number of cyclic esters (lactones) is 1. The average molecular weight is 663 g/mol. The molecule has 9 heteroatoms. The van der Waals surface area contributed by atoms with E-state index in [1.165, 1.54) is 17.2 Å². The van der Waals surface area contributed by atoms with Crippen LogP contribution >= 0.6 is 0 Å². The number of nitrogens with zero attached hydrogens (tertiary/aromatic N) is 2. The van der Waals surface area contributed by atoms with E-state index in [1.54, 1.807) is 25.3 Å². The van der Waals surface area contributed by atoms with Crippen molar-refractivity contribution < 1.29 is 32.7 Å². The summed E-state index contributed by atoms with van der Waals surface area (Å²) in [5, 5.41) is 4.12. The van der Waals surface area contributed by atoms with Crippen LogP contribution in [0.1, 0.15) is 61.1 Å². The Kier molecular flexibility index (Phi) is 9.80. The predicted molar refractivity (Wildman–Crippen MR) is 183 cm³/mol. The van der Waals surface area contributed by atoms with Crippen molar-refractivity contribution in [3.05, 3.63) is 137 Å². The SMILES string of the molecule is COc1ccc(F)c(-c2cc(COc3ccc(C(CC(=O)N4C(=O)OC[C@@H]4Cc4ccccc4)c4ccon4)cc3)ccc2C(C)(C)C)c1. The summed E-state index contributed by atoms with van der Waals surface area (Å²) in [6.45, 7) is 6.70. The molecule has 0 bridgehead atoms. The number of methoxy groups -OCH3 is 1. The summed E-state index contributed by atoms with van der Waals surface area (Å²) in [5.74, 6) is 0.0635. The molecule has 4 aromatic carbocycles. The summed E-state index contributed by atoms with van der Waals surface area (Å²) < 4.78 is 37.1. The number of carbonyl (C=O) groups excluding carboxylic acids is 2. The van der Waals surface area contributed by atoms with Gasteiger partial charge in [0.15, 0.2) is 0 Å². The molecule has 1 aliphatic heterocycles. The molecule has 0 saturated carbocycles. The highest BCUT2D eigenvalue weighted by molar-refractivity contribution is 5.94. The van der Waals surface area contributed by atoms with Crippen LogP contribution in [0, 0.1) is 5.82 Å². The van der Waals surface area contributed by atoms with Crippen molar-refractivity contribution in [2.75, 3.05) is 13.7 Å². The Morgan fingerprint density at radius 3 is 2.39 bits per heavy atom. The van der Waals surface area contributed by atoms with Crippen molar-refractivity contribution >= 4 is 12.0 Å². The number of halogens is 1. The van der Waals surface area contributed by atoms with Gasteiger partial charge in [-0.2, -0.15) is 0 Å². The average Bonchev–Trinajstić information content (AvgIpc) is 3.77. The second-order valence-electron chi connectivity index (χ2n) is 13.2. The maximum atomic E-state index is 15.1. The zero-order valence-corrected chi connectivity index (χ0v) is 28.0. The molecule has 2 heterocycles. The van der Waals surface area contributed by atoms with Crippen molar-refractivity contribution in [3.63, 3.8) is 0 Å². The lowest BCUT2D eigenvalue weighted by Crippen LogP contribution is -2.40. The highest BCUT2D eigenvalue weighted by atomic mass is 19.1.